The summed E-state index contributed by atoms with van der Waals surface area (Å²) in [5, 5.41) is 25.4. The van der Waals surface area contributed by atoms with Gasteiger partial charge in [0.2, 0.25) is 0 Å². The number of aliphatic hydroxyl groups excluding tert-OH is 1. The van der Waals surface area contributed by atoms with E-state index in [0.717, 1.165) is 0 Å². The van der Waals surface area contributed by atoms with E-state index >= 15 is 0 Å². The highest BCUT2D eigenvalue weighted by molar-refractivity contribution is 6.74. The van der Waals surface area contributed by atoms with Gasteiger partial charge in [-0.05, 0) is 41.9 Å². The molecule has 2 amide bonds. The number of rotatable bonds is 12. The number of fused-ring (bicyclic) bond motifs is 1. The Morgan fingerprint density at radius 2 is 1.71 bits per heavy atom. The number of hydrogen-bond donors (Lipinski definition) is 4. The van der Waals surface area contributed by atoms with E-state index in [4.69, 9.17) is 37.5 Å². The fourth-order valence-corrected chi connectivity index (χ4v) is 5.44. The maximum atomic E-state index is 13.2. The van der Waals surface area contributed by atoms with Crippen molar-refractivity contribution < 1.29 is 33.8 Å². The summed E-state index contributed by atoms with van der Waals surface area (Å²) in [6, 6.07) is 8.25. The average molecular weight is 639 g/mol. The number of aromatic carboxylic acids is 1. The van der Waals surface area contributed by atoms with E-state index in [-0.39, 0.29) is 44.6 Å². The van der Waals surface area contributed by atoms with E-state index in [1.807, 2.05) is 0 Å². The SMILES string of the molecule is Cn1c(C(=O)N[C@H](CO)c2ccc(C(=O)O)cc2)cc2c(Cl)c(Cl)c(OCC(=O)NCCO[Si](C)(C)C(C)(C)C)cc21. The summed E-state index contributed by atoms with van der Waals surface area (Å²) in [5.41, 5.74) is 1.41. The normalized spacial score (nSPS) is 12.7. The van der Waals surface area contributed by atoms with Crippen LogP contribution in [-0.2, 0) is 16.3 Å². The topological polar surface area (TPSA) is 139 Å². The summed E-state index contributed by atoms with van der Waals surface area (Å²) in [7, 11) is -0.249. The number of halogens is 2. The predicted molar refractivity (Wildman–Crippen MR) is 165 cm³/mol. The summed E-state index contributed by atoms with van der Waals surface area (Å²) in [6.45, 7) is 10.8. The fourth-order valence-electron chi connectivity index (χ4n) is 3.94. The smallest absolute Gasteiger partial charge is 0.335 e. The molecular weight excluding hydrogens is 601 g/mol. The molecule has 1 heterocycles. The summed E-state index contributed by atoms with van der Waals surface area (Å²) < 4.78 is 13.3. The number of aryl methyl sites for hydroxylation is 1. The van der Waals surface area contributed by atoms with E-state index in [9.17, 15) is 19.5 Å². The second-order valence-electron chi connectivity index (χ2n) is 11.4. The molecule has 0 spiro atoms. The quantitative estimate of drug-likeness (QED) is 0.159. The molecule has 0 aliphatic carbocycles. The number of aliphatic hydroxyl groups is 1. The highest BCUT2D eigenvalue weighted by Gasteiger charge is 2.36. The number of aromatic nitrogens is 1. The van der Waals surface area contributed by atoms with Crippen molar-refractivity contribution in [3.05, 3.63) is 63.3 Å². The minimum atomic E-state index is -1.91. The molecule has 0 unspecified atom stereocenters. The third kappa shape index (κ3) is 7.64. The van der Waals surface area contributed by atoms with Crippen molar-refractivity contribution in [1.29, 1.82) is 0 Å². The first-order valence-electron chi connectivity index (χ1n) is 13.3. The number of carbonyl (C=O) groups is 3. The van der Waals surface area contributed by atoms with Gasteiger partial charge in [-0.3, -0.25) is 9.59 Å². The van der Waals surface area contributed by atoms with Gasteiger partial charge in [-0.25, -0.2) is 4.79 Å². The van der Waals surface area contributed by atoms with E-state index in [0.29, 0.717) is 29.6 Å². The second-order valence-corrected chi connectivity index (χ2v) is 17.0. The number of nitrogens with one attached hydrogen (secondary N) is 2. The van der Waals surface area contributed by atoms with Crippen molar-refractivity contribution in [2.75, 3.05) is 26.4 Å². The van der Waals surface area contributed by atoms with Crippen molar-refractivity contribution in [1.82, 2.24) is 15.2 Å². The number of carbonyl (C=O) groups excluding carboxylic acids is 2. The second kappa shape index (κ2) is 13.5. The van der Waals surface area contributed by atoms with Crippen molar-refractivity contribution in [2.45, 2.75) is 44.9 Å². The third-order valence-corrected chi connectivity index (χ3v) is 12.9. The largest absolute Gasteiger partial charge is 0.482 e. The van der Waals surface area contributed by atoms with Crippen molar-refractivity contribution in [3.63, 3.8) is 0 Å². The Morgan fingerprint density at radius 1 is 1.07 bits per heavy atom. The molecule has 4 N–H and O–H groups in total. The van der Waals surface area contributed by atoms with Crippen molar-refractivity contribution in [2.24, 2.45) is 7.05 Å². The number of carboxylic acid groups (broad SMARTS) is 1. The van der Waals surface area contributed by atoms with E-state index < -0.39 is 32.8 Å². The number of benzene rings is 2. The first-order valence-corrected chi connectivity index (χ1v) is 17.0. The predicted octanol–water partition coefficient (Wildman–Crippen LogP) is 5.16. The minimum absolute atomic E-state index is 0.0720. The van der Waals surface area contributed by atoms with Crippen molar-refractivity contribution >= 4 is 60.2 Å². The summed E-state index contributed by atoms with van der Waals surface area (Å²) >= 11 is 13.0. The van der Waals surface area contributed by atoms with Gasteiger partial charge in [0.25, 0.3) is 11.8 Å². The van der Waals surface area contributed by atoms with Crippen LogP contribution < -0.4 is 15.4 Å². The van der Waals surface area contributed by atoms with Gasteiger partial charge in [0.05, 0.1) is 35.4 Å². The summed E-state index contributed by atoms with van der Waals surface area (Å²) in [6.07, 6.45) is 0. The van der Waals surface area contributed by atoms with E-state index in [2.05, 4.69) is 44.5 Å². The molecule has 2 aromatic carbocycles. The average Bonchev–Trinajstić information content (AvgIpc) is 3.26. The van der Waals surface area contributed by atoms with Gasteiger partial charge in [-0.2, -0.15) is 0 Å². The Kier molecular flexibility index (Phi) is 10.7. The van der Waals surface area contributed by atoms with Crippen LogP contribution in [0.3, 0.4) is 0 Å². The lowest BCUT2D eigenvalue weighted by Gasteiger charge is -2.36. The van der Waals surface area contributed by atoms with Gasteiger partial charge >= 0.3 is 5.97 Å². The van der Waals surface area contributed by atoms with Crippen LogP contribution in [0.4, 0.5) is 0 Å². The van der Waals surface area contributed by atoms with Crippen molar-refractivity contribution in [3.8, 4) is 5.75 Å². The van der Waals surface area contributed by atoms with Gasteiger partial charge < -0.3 is 34.6 Å². The number of amides is 2. The van der Waals surface area contributed by atoms with Crippen LogP contribution in [0, 0.1) is 0 Å². The van der Waals surface area contributed by atoms with Crippen LogP contribution >= 0.6 is 23.2 Å². The standard InChI is InChI=1S/C29H37Cl2N3O7Si/c1-29(2,3)42(5,6)41-12-11-32-24(36)16-40-23-14-21-19(25(30)26(23)31)13-22(34(21)4)27(37)33-20(15-35)17-7-9-18(10-8-17)28(38)39/h7-10,13-14,20,35H,11-12,15-16H2,1-6H3,(H,32,36)(H,33,37)(H,38,39)/t20-/m1/s1. The van der Waals surface area contributed by atoms with Crippen LogP contribution in [0.1, 0.15) is 53.2 Å². The minimum Gasteiger partial charge on any atom is -0.482 e. The van der Waals surface area contributed by atoms with Crippen LogP contribution in [0.5, 0.6) is 5.75 Å². The highest BCUT2D eigenvalue weighted by atomic mass is 35.5. The summed E-state index contributed by atoms with van der Waals surface area (Å²) in [4.78, 5) is 36.7. The molecule has 3 rings (SSSR count). The number of carboxylic acids is 1. The fraction of sp³-hybridized carbons (Fsp3) is 0.414. The zero-order valence-electron chi connectivity index (χ0n) is 24.5. The number of hydrogen-bond acceptors (Lipinski definition) is 6. The molecule has 13 heteroatoms. The lowest BCUT2D eigenvalue weighted by Crippen LogP contribution is -2.43. The molecule has 1 atom stereocenters. The van der Waals surface area contributed by atoms with Crippen LogP contribution in [0.15, 0.2) is 36.4 Å². The Bertz CT molecular complexity index is 1470. The zero-order valence-corrected chi connectivity index (χ0v) is 27.0. The first kappa shape index (κ1) is 33.4. The lowest BCUT2D eigenvalue weighted by atomic mass is 10.1. The molecule has 0 radical (unpaired) electrons. The van der Waals surface area contributed by atoms with Crippen LogP contribution in [0.2, 0.25) is 28.2 Å². The Hall–Kier alpha value is -3.09. The lowest BCUT2D eigenvalue weighted by molar-refractivity contribution is -0.123. The number of nitrogens with zero attached hydrogens (tertiary/aromatic N) is 1. The Morgan fingerprint density at radius 3 is 2.29 bits per heavy atom. The number of ether oxygens (including phenoxy) is 1. The Balaban J connectivity index is 1.69. The molecule has 0 saturated carbocycles. The molecule has 42 heavy (non-hydrogen) atoms. The molecule has 0 fully saturated rings. The highest BCUT2D eigenvalue weighted by Crippen LogP contribution is 2.40. The first-order chi connectivity index (χ1) is 19.6. The van der Waals surface area contributed by atoms with Crippen LogP contribution in [-0.4, -0.2) is 67.2 Å². The van der Waals surface area contributed by atoms with Crippen LogP contribution in [0.25, 0.3) is 10.9 Å². The molecule has 0 aliphatic rings. The van der Waals surface area contributed by atoms with Gasteiger partial charge in [0.15, 0.2) is 14.9 Å². The molecule has 10 nitrogen and oxygen atoms in total. The van der Waals surface area contributed by atoms with Gasteiger partial charge in [-0.15, -0.1) is 0 Å². The zero-order chi connectivity index (χ0) is 31.4. The summed E-state index contributed by atoms with van der Waals surface area (Å²) in [5.74, 6) is -1.74. The molecule has 228 valence electrons. The monoisotopic (exact) mass is 637 g/mol. The molecule has 0 bridgehead atoms. The van der Waals surface area contributed by atoms with E-state index in [1.165, 1.54) is 24.3 Å². The van der Waals surface area contributed by atoms with Gasteiger partial charge in [0, 0.05) is 25.0 Å². The van der Waals surface area contributed by atoms with Gasteiger partial charge in [0.1, 0.15) is 16.5 Å². The maximum Gasteiger partial charge on any atom is 0.335 e. The van der Waals surface area contributed by atoms with E-state index in [1.54, 1.807) is 23.7 Å². The molecule has 0 saturated heterocycles. The third-order valence-electron chi connectivity index (χ3n) is 7.53. The molecule has 3 aromatic rings. The Labute approximate surface area is 256 Å². The molecular formula is C29H37Cl2N3O7Si. The van der Waals surface area contributed by atoms with Gasteiger partial charge in [-0.1, -0.05) is 56.1 Å². The molecule has 1 aromatic heterocycles. The maximum absolute atomic E-state index is 13.2. The molecule has 0 aliphatic heterocycles.